The molecule has 0 atom stereocenters. The highest BCUT2D eigenvalue weighted by atomic mass is 16.2. The molecule has 5 heteroatoms. The van der Waals surface area contributed by atoms with E-state index in [1.807, 2.05) is 50.2 Å². The van der Waals surface area contributed by atoms with Gasteiger partial charge in [-0.2, -0.15) is 0 Å². The molecule has 2 aromatic rings. The van der Waals surface area contributed by atoms with E-state index in [1.165, 1.54) is 6.92 Å². The Hall–Kier alpha value is -2.82. The minimum atomic E-state index is -0.555. The van der Waals surface area contributed by atoms with Crippen LogP contribution < -0.4 is 15.5 Å². The molecule has 0 saturated carbocycles. The lowest BCUT2D eigenvalue weighted by Crippen LogP contribution is -2.56. The molecule has 0 unspecified atom stereocenters. The molecule has 1 aliphatic rings. The lowest BCUT2D eigenvalue weighted by molar-refractivity contribution is -0.114. The molecule has 1 aliphatic heterocycles. The van der Waals surface area contributed by atoms with Gasteiger partial charge in [-0.15, -0.1) is 0 Å². The zero-order valence-corrected chi connectivity index (χ0v) is 13.4. The summed E-state index contributed by atoms with van der Waals surface area (Å²) in [6.45, 7) is 5.39. The van der Waals surface area contributed by atoms with Crippen molar-refractivity contribution in [2.45, 2.75) is 26.4 Å². The Morgan fingerprint density at radius 2 is 1.74 bits per heavy atom. The van der Waals surface area contributed by atoms with Gasteiger partial charge < -0.3 is 10.6 Å². The van der Waals surface area contributed by atoms with Crippen LogP contribution in [-0.4, -0.2) is 17.5 Å². The van der Waals surface area contributed by atoms with Gasteiger partial charge in [0.25, 0.3) is 5.91 Å². The summed E-state index contributed by atoms with van der Waals surface area (Å²) < 4.78 is 0. The number of fused-ring (bicyclic) bond motifs is 1. The van der Waals surface area contributed by atoms with Crippen molar-refractivity contribution in [2.24, 2.45) is 0 Å². The number of hydrogen-bond acceptors (Lipinski definition) is 3. The molecular formula is C18H19N3O2. The Balaban J connectivity index is 1.98. The maximum Gasteiger partial charge on any atom is 0.262 e. The molecule has 5 nitrogen and oxygen atoms in total. The van der Waals surface area contributed by atoms with Crippen LogP contribution in [0.4, 0.5) is 17.1 Å². The Morgan fingerprint density at radius 1 is 1.09 bits per heavy atom. The zero-order chi connectivity index (χ0) is 16.6. The van der Waals surface area contributed by atoms with Gasteiger partial charge in [0.1, 0.15) is 5.66 Å². The number of para-hydroxylation sites is 1. The van der Waals surface area contributed by atoms with E-state index in [0.717, 1.165) is 11.4 Å². The molecule has 0 bridgehead atoms. The monoisotopic (exact) mass is 309 g/mol. The maximum absolute atomic E-state index is 12.9. The minimum absolute atomic E-state index is 0.0448. The molecule has 2 N–H and O–H groups in total. The number of benzene rings is 2. The molecule has 23 heavy (non-hydrogen) atoms. The topological polar surface area (TPSA) is 61.4 Å². The number of nitrogens with zero attached hydrogens (tertiary/aromatic N) is 1. The summed E-state index contributed by atoms with van der Waals surface area (Å²) in [7, 11) is 0. The molecule has 2 aromatic carbocycles. The van der Waals surface area contributed by atoms with Crippen LogP contribution >= 0.6 is 0 Å². The molecule has 0 radical (unpaired) electrons. The summed E-state index contributed by atoms with van der Waals surface area (Å²) in [6.07, 6.45) is 0. The second kappa shape index (κ2) is 5.43. The highest BCUT2D eigenvalue weighted by Crippen LogP contribution is 2.35. The van der Waals surface area contributed by atoms with Gasteiger partial charge in [-0.3, -0.25) is 14.5 Å². The van der Waals surface area contributed by atoms with Crippen molar-refractivity contribution in [3.05, 3.63) is 54.1 Å². The Morgan fingerprint density at radius 3 is 2.39 bits per heavy atom. The molecule has 1 heterocycles. The molecule has 3 rings (SSSR count). The molecule has 0 saturated heterocycles. The van der Waals surface area contributed by atoms with Crippen LogP contribution in [-0.2, 0) is 4.79 Å². The van der Waals surface area contributed by atoms with E-state index in [-0.39, 0.29) is 11.8 Å². The van der Waals surface area contributed by atoms with E-state index in [9.17, 15) is 9.59 Å². The van der Waals surface area contributed by atoms with Gasteiger partial charge in [0.2, 0.25) is 5.91 Å². The number of rotatable bonds is 2. The van der Waals surface area contributed by atoms with Crippen LogP contribution in [0, 0.1) is 0 Å². The predicted octanol–water partition coefficient (Wildman–Crippen LogP) is 3.45. The fraction of sp³-hybridized carbons (Fsp3) is 0.222. The second-order valence-corrected chi connectivity index (χ2v) is 6.10. The first-order chi connectivity index (χ1) is 10.9. The van der Waals surface area contributed by atoms with Crippen LogP contribution in [0.2, 0.25) is 0 Å². The average Bonchev–Trinajstić information content (AvgIpc) is 2.47. The number of carbonyl (C=O) groups excluding carboxylic acids is 2. The molecular weight excluding hydrogens is 290 g/mol. The van der Waals surface area contributed by atoms with Crippen molar-refractivity contribution in [3.63, 3.8) is 0 Å². The third-order valence-electron chi connectivity index (χ3n) is 3.81. The molecule has 0 fully saturated rings. The molecule has 0 aliphatic carbocycles. The van der Waals surface area contributed by atoms with Crippen molar-refractivity contribution < 1.29 is 9.59 Å². The Bertz CT molecular complexity index is 766. The minimum Gasteiger partial charge on any atom is -0.362 e. The van der Waals surface area contributed by atoms with Gasteiger partial charge in [0, 0.05) is 24.0 Å². The summed E-state index contributed by atoms with van der Waals surface area (Å²) in [5.41, 5.74) is 2.42. The van der Waals surface area contributed by atoms with Gasteiger partial charge in [-0.25, -0.2) is 0 Å². The number of nitrogens with one attached hydrogen (secondary N) is 2. The van der Waals surface area contributed by atoms with E-state index < -0.39 is 5.66 Å². The molecule has 0 aromatic heterocycles. The number of anilines is 3. The van der Waals surface area contributed by atoms with E-state index in [0.29, 0.717) is 11.3 Å². The fourth-order valence-corrected chi connectivity index (χ4v) is 2.88. The van der Waals surface area contributed by atoms with Crippen molar-refractivity contribution in [1.29, 1.82) is 0 Å². The summed E-state index contributed by atoms with van der Waals surface area (Å²) in [5.74, 6) is -0.167. The van der Waals surface area contributed by atoms with E-state index in [1.54, 1.807) is 17.0 Å². The zero-order valence-electron chi connectivity index (χ0n) is 13.4. The fourth-order valence-electron chi connectivity index (χ4n) is 2.88. The van der Waals surface area contributed by atoms with E-state index >= 15 is 0 Å². The van der Waals surface area contributed by atoms with Crippen LogP contribution in [0.15, 0.2) is 48.5 Å². The maximum atomic E-state index is 12.9. The lowest BCUT2D eigenvalue weighted by atomic mass is 10.0. The SMILES string of the molecule is CC(=O)Nc1ccc(N2C(=O)c3ccccc3NC2(C)C)cc1. The molecule has 118 valence electrons. The van der Waals surface area contributed by atoms with Gasteiger partial charge in [-0.05, 0) is 50.2 Å². The first-order valence-electron chi connectivity index (χ1n) is 7.48. The smallest absolute Gasteiger partial charge is 0.262 e. The van der Waals surface area contributed by atoms with Gasteiger partial charge in [0.05, 0.1) is 5.56 Å². The van der Waals surface area contributed by atoms with Gasteiger partial charge in [-0.1, -0.05) is 12.1 Å². The van der Waals surface area contributed by atoms with Gasteiger partial charge >= 0.3 is 0 Å². The number of hydrogen-bond donors (Lipinski definition) is 2. The Kier molecular flexibility index (Phi) is 3.56. The first-order valence-corrected chi connectivity index (χ1v) is 7.48. The largest absolute Gasteiger partial charge is 0.362 e. The van der Waals surface area contributed by atoms with Crippen molar-refractivity contribution in [1.82, 2.24) is 0 Å². The van der Waals surface area contributed by atoms with Crippen molar-refractivity contribution in [3.8, 4) is 0 Å². The number of carbonyl (C=O) groups is 2. The third-order valence-corrected chi connectivity index (χ3v) is 3.81. The van der Waals surface area contributed by atoms with Crippen LogP contribution in [0.3, 0.4) is 0 Å². The summed E-state index contributed by atoms with van der Waals surface area (Å²) in [6, 6.07) is 14.7. The van der Waals surface area contributed by atoms with E-state index in [4.69, 9.17) is 0 Å². The van der Waals surface area contributed by atoms with Crippen LogP contribution in [0.5, 0.6) is 0 Å². The van der Waals surface area contributed by atoms with Crippen LogP contribution in [0.25, 0.3) is 0 Å². The number of amides is 2. The summed E-state index contributed by atoms with van der Waals surface area (Å²) in [4.78, 5) is 25.7. The third kappa shape index (κ3) is 2.77. The predicted molar refractivity (Wildman–Crippen MR) is 91.7 cm³/mol. The highest BCUT2D eigenvalue weighted by Gasteiger charge is 2.38. The average molecular weight is 309 g/mol. The van der Waals surface area contributed by atoms with Gasteiger partial charge in [0.15, 0.2) is 0 Å². The molecule has 0 spiro atoms. The highest BCUT2D eigenvalue weighted by molar-refractivity contribution is 6.12. The second-order valence-electron chi connectivity index (χ2n) is 6.10. The molecule has 2 amide bonds. The standard InChI is InChI=1S/C18H19N3O2/c1-12(22)19-13-8-10-14(11-9-13)21-17(23)15-6-4-5-7-16(15)20-18(21,2)3/h4-11,20H,1-3H3,(H,19,22). The van der Waals surface area contributed by atoms with E-state index in [2.05, 4.69) is 10.6 Å². The van der Waals surface area contributed by atoms with Crippen LogP contribution in [0.1, 0.15) is 31.1 Å². The van der Waals surface area contributed by atoms with Crippen molar-refractivity contribution in [2.75, 3.05) is 15.5 Å². The first kappa shape index (κ1) is 15.1. The normalized spacial score (nSPS) is 15.6. The summed E-state index contributed by atoms with van der Waals surface area (Å²) in [5, 5.41) is 6.12. The quantitative estimate of drug-likeness (QED) is 0.893. The van der Waals surface area contributed by atoms with Crippen molar-refractivity contribution >= 4 is 28.9 Å². The Labute approximate surface area is 135 Å². The summed E-state index contributed by atoms with van der Waals surface area (Å²) >= 11 is 0. The lowest BCUT2D eigenvalue weighted by Gasteiger charge is -2.44.